The Balaban J connectivity index is 1.67. The van der Waals surface area contributed by atoms with Crippen LogP contribution in [0.2, 0.25) is 0 Å². The molecule has 0 unspecified atom stereocenters. The second-order valence-corrected chi connectivity index (χ2v) is 8.04. The van der Waals surface area contributed by atoms with Crippen LogP contribution in [0.4, 0.5) is 0 Å². The van der Waals surface area contributed by atoms with Gasteiger partial charge in [-0.05, 0) is 55.3 Å². The molecule has 0 amide bonds. The van der Waals surface area contributed by atoms with Crippen molar-refractivity contribution in [3.8, 4) is 0 Å². The van der Waals surface area contributed by atoms with Crippen molar-refractivity contribution in [2.24, 2.45) is 0 Å². The number of hydrogen-bond donors (Lipinski definition) is 0. The molecule has 3 aromatic carbocycles. The fourth-order valence-corrected chi connectivity index (χ4v) is 3.82. The lowest BCUT2D eigenvalue weighted by atomic mass is 9.99. The van der Waals surface area contributed by atoms with Crippen molar-refractivity contribution in [2.75, 3.05) is 5.88 Å². The lowest BCUT2D eigenvalue weighted by molar-refractivity contribution is 0.0980. The van der Waals surface area contributed by atoms with Gasteiger partial charge in [0.1, 0.15) is 0 Å². The van der Waals surface area contributed by atoms with Crippen LogP contribution in [-0.2, 0) is 0 Å². The lowest BCUT2D eigenvalue weighted by Crippen LogP contribution is -2.03. The third-order valence-electron chi connectivity index (χ3n) is 4.46. The van der Waals surface area contributed by atoms with Crippen LogP contribution in [0.3, 0.4) is 0 Å². The topological polar surface area (TPSA) is 34.1 Å². The van der Waals surface area contributed by atoms with Crippen LogP contribution in [0.1, 0.15) is 44.7 Å². The number of alkyl halides is 1. The first-order chi connectivity index (χ1) is 13.6. The average molecular weight is 409 g/mol. The second kappa shape index (κ2) is 9.72. The Hall–Kier alpha value is -2.36. The molecular formula is C24H21ClO2S. The Morgan fingerprint density at radius 1 is 0.821 bits per heavy atom. The minimum atomic E-state index is 0.0365. The second-order valence-electron chi connectivity index (χ2n) is 6.51. The first kappa shape index (κ1) is 20.4. The van der Waals surface area contributed by atoms with Crippen LogP contribution >= 0.6 is 23.4 Å². The third kappa shape index (κ3) is 5.12. The van der Waals surface area contributed by atoms with Gasteiger partial charge in [0.25, 0.3) is 0 Å². The number of carbonyl (C=O) groups is 2. The van der Waals surface area contributed by atoms with Crippen molar-refractivity contribution in [3.05, 3.63) is 95.1 Å². The van der Waals surface area contributed by atoms with Crippen molar-refractivity contribution < 1.29 is 9.59 Å². The number of benzene rings is 3. The van der Waals surface area contributed by atoms with Crippen molar-refractivity contribution >= 4 is 34.9 Å². The predicted octanol–water partition coefficient (Wildman–Crippen LogP) is 6.58. The SMILES string of the molecule is Cc1ccccc1C(=O)c1ccc(Sc2ccc(C(=O)CCCCl)cc2)cc1. The summed E-state index contributed by atoms with van der Waals surface area (Å²) < 4.78 is 0. The highest BCUT2D eigenvalue weighted by molar-refractivity contribution is 7.99. The molecule has 3 rings (SSSR count). The van der Waals surface area contributed by atoms with Gasteiger partial charge in [-0.25, -0.2) is 0 Å². The van der Waals surface area contributed by atoms with Crippen molar-refractivity contribution in [2.45, 2.75) is 29.6 Å². The van der Waals surface area contributed by atoms with Gasteiger partial charge in [0.2, 0.25) is 0 Å². The Kier molecular flexibility index (Phi) is 7.07. The smallest absolute Gasteiger partial charge is 0.193 e. The van der Waals surface area contributed by atoms with Gasteiger partial charge in [0, 0.05) is 38.8 Å². The fourth-order valence-electron chi connectivity index (χ4n) is 2.87. The largest absolute Gasteiger partial charge is 0.294 e. The Bertz CT molecular complexity index is 963. The van der Waals surface area contributed by atoms with Gasteiger partial charge in [-0.2, -0.15) is 0 Å². The summed E-state index contributed by atoms with van der Waals surface area (Å²) >= 11 is 7.25. The molecule has 0 spiro atoms. The number of rotatable bonds is 8. The molecule has 0 saturated heterocycles. The maximum absolute atomic E-state index is 12.7. The van der Waals surface area contributed by atoms with Gasteiger partial charge in [-0.15, -0.1) is 11.6 Å². The van der Waals surface area contributed by atoms with Gasteiger partial charge < -0.3 is 0 Å². The van der Waals surface area contributed by atoms with Crippen molar-refractivity contribution in [3.63, 3.8) is 0 Å². The van der Waals surface area contributed by atoms with Crippen molar-refractivity contribution in [1.29, 1.82) is 0 Å². The van der Waals surface area contributed by atoms with E-state index in [1.54, 1.807) is 11.8 Å². The minimum absolute atomic E-state index is 0.0365. The molecule has 0 bridgehead atoms. The average Bonchev–Trinajstić information content (AvgIpc) is 2.73. The number of hydrogen-bond acceptors (Lipinski definition) is 3. The molecule has 0 aromatic heterocycles. The maximum Gasteiger partial charge on any atom is 0.193 e. The van der Waals surface area contributed by atoms with Crippen molar-refractivity contribution in [1.82, 2.24) is 0 Å². The zero-order valence-corrected chi connectivity index (χ0v) is 17.2. The molecular weight excluding hydrogens is 388 g/mol. The van der Waals surface area contributed by atoms with E-state index >= 15 is 0 Å². The molecule has 28 heavy (non-hydrogen) atoms. The summed E-state index contributed by atoms with van der Waals surface area (Å²) in [5.41, 5.74) is 3.11. The number of halogens is 1. The zero-order chi connectivity index (χ0) is 19.9. The van der Waals surface area contributed by atoms with Gasteiger partial charge in [0.05, 0.1) is 0 Å². The molecule has 0 aliphatic rings. The molecule has 0 aliphatic carbocycles. The monoisotopic (exact) mass is 408 g/mol. The number of carbonyl (C=O) groups excluding carboxylic acids is 2. The molecule has 0 heterocycles. The summed E-state index contributed by atoms with van der Waals surface area (Å²) in [7, 11) is 0. The third-order valence-corrected chi connectivity index (χ3v) is 5.74. The summed E-state index contributed by atoms with van der Waals surface area (Å²) in [6, 6.07) is 22.9. The molecule has 3 aromatic rings. The molecule has 4 heteroatoms. The Morgan fingerprint density at radius 2 is 1.39 bits per heavy atom. The highest BCUT2D eigenvalue weighted by atomic mass is 35.5. The van der Waals surface area contributed by atoms with E-state index in [9.17, 15) is 9.59 Å². The summed E-state index contributed by atoms with van der Waals surface area (Å²) in [5.74, 6) is 0.660. The quantitative estimate of drug-likeness (QED) is 0.312. The molecule has 0 atom stereocenters. The van der Waals surface area contributed by atoms with Gasteiger partial charge in [-0.1, -0.05) is 48.2 Å². The summed E-state index contributed by atoms with van der Waals surface area (Å²) in [6.07, 6.45) is 1.18. The maximum atomic E-state index is 12.7. The van der Waals surface area contributed by atoms with Crippen LogP contribution < -0.4 is 0 Å². The highest BCUT2D eigenvalue weighted by Crippen LogP contribution is 2.28. The molecule has 142 valence electrons. The van der Waals surface area contributed by atoms with E-state index in [0.29, 0.717) is 29.8 Å². The molecule has 2 nitrogen and oxygen atoms in total. The van der Waals surface area contributed by atoms with E-state index in [4.69, 9.17) is 11.6 Å². The predicted molar refractivity (Wildman–Crippen MR) is 116 cm³/mol. The Morgan fingerprint density at radius 3 is 1.96 bits per heavy atom. The van der Waals surface area contributed by atoms with Crippen LogP contribution in [0, 0.1) is 6.92 Å². The summed E-state index contributed by atoms with van der Waals surface area (Å²) in [4.78, 5) is 26.8. The summed E-state index contributed by atoms with van der Waals surface area (Å²) in [6.45, 7) is 1.95. The summed E-state index contributed by atoms with van der Waals surface area (Å²) in [5, 5.41) is 0. The number of ketones is 2. The highest BCUT2D eigenvalue weighted by Gasteiger charge is 2.11. The molecule has 0 aliphatic heterocycles. The Labute approximate surface area is 174 Å². The van der Waals surface area contributed by atoms with E-state index in [0.717, 1.165) is 20.9 Å². The van der Waals surface area contributed by atoms with E-state index in [-0.39, 0.29) is 11.6 Å². The van der Waals surface area contributed by atoms with E-state index in [1.807, 2.05) is 79.7 Å². The van der Waals surface area contributed by atoms with Crippen LogP contribution in [0.25, 0.3) is 0 Å². The fraction of sp³-hybridized carbons (Fsp3) is 0.167. The minimum Gasteiger partial charge on any atom is -0.294 e. The first-order valence-corrected chi connectivity index (χ1v) is 10.5. The first-order valence-electron chi connectivity index (χ1n) is 9.16. The number of Topliss-reactive ketones (excluding diaryl/α,β-unsaturated/α-hetero) is 1. The zero-order valence-electron chi connectivity index (χ0n) is 15.7. The molecule has 0 radical (unpaired) electrons. The molecule has 0 saturated carbocycles. The van der Waals surface area contributed by atoms with Crippen LogP contribution in [0.5, 0.6) is 0 Å². The van der Waals surface area contributed by atoms with Crippen LogP contribution in [-0.4, -0.2) is 17.4 Å². The normalized spacial score (nSPS) is 10.6. The van der Waals surface area contributed by atoms with E-state index in [2.05, 4.69) is 0 Å². The molecule has 0 N–H and O–H groups in total. The van der Waals surface area contributed by atoms with Gasteiger partial charge in [-0.3, -0.25) is 9.59 Å². The lowest BCUT2D eigenvalue weighted by Gasteiger charge is -2.07. The van der Waals surface area contributed by atoms with E-state index < -0.39 is 0 Å². The molecule has 0 fully saturated rings. The van der Waals surface area contributed by atoms with Gasteiger partial charge >= 0.3 is 0 Å². The van der Waals surface area contributed by atoms with Gasteiger partial charge in [0.15, 0.2) is 11.6 Å². The number of aryl methyl sites for hydroxylation is 1. The van der Waals surface area contributed by atoms with E-state index in [1.165, 1.54) is 0 Å². The standard InChI is InChI=1S/C24H21ClO2S/c1-17-5-2-3-6-22(17)24(27)19-10-14-21(15-11-19)28-20-12-8-18(9-13-20)23(26)7-4-16-25/h2-3,5-6,8-15H,4,7,16H2,1H3. The van der Waals surface area contributed by atoms with Crippen LogP contribution in [0.15, 0.2) is 82.6 Å².